The van der Waals surface area contributed by atoms with Gasteiger partial charge in [0.05, 0.1) is 11.9 Å². The van der Waals surface area contributed by atoms with Crippen molar-refractivity contribution >= 4 is 17.6 Å². The zero-order valence-electron chi connectivity index (χ0n) is 14.5. The first kappa shape index (κ1) is 14.9. The van der Waals surface area contributed by atoms with E-state index in [-0.39, 0.29) is 5.89 Å². The third-order valence-electron chi connectivity index (χ3n) is 5.51. The number of amidine groups is 1. The highest BCUT2D eigenvalue weighted by molar-refractivity contribution is 6.16. The number of aliphatic imine (C=N–C) groups is 1. The smallest absolute Gasteiger partial charge is 0.287 e. The van der Waals surface area contributed by atoms with Gasteiger partial charge in [0.25, 0.3) is 11.8 Å². The van der Waals surface area contributed by atoms with Crippen LogP contribution >= 0.6 is 0 Å². The summed E-state index contributed by atoms with van der Waals surface area (Å²) >= 11 is 0. The Morgan fingerprint density at radius 1 is 1.15 bits per heavy atom. The Balaban J connectivity index is 1.42. The number of imidazole rings is 1. The van der Waals surface area contributed by atoms with Gasteiger partial charge in [-0.1, -0.05) is 12.1 Å². The monoisotopic (exact) mass is 363 g/mol. The predicted molar refractivity (Wildman–Crippen MR) is 96.6 cm³/mol. The number of aromatic nitrogens is 4. The van der Waals surface area contributed by atoms with E-state index in [0.29, 0.717) is 25.5 Å². The zero-order chi connectivity index (χ0) is 18.0. The number of hydrogen-bond donors (Lipinski definition) is 1. The molecule has 0 amide bonds. The van der Waals surface area contributed by atoms with E-state index in [1.807, 2.05) is 38.9 Å². The van der Waals surface area contributed by atoms with Crippen molar-refractivity contribution < 1.29 is 9.63 Å². The highest BCUT2D eigenvalue weighted by atomic mass is 16.5. The van der Waals surface area contributed by atoms with Crippen LogP contribution in [0, 0.1) is 0 Å². The van der Waals surface area contributed by atoms with Crippen molar-refractivity contribution in [3.8, 4) is 5.69 Å². The summed E-state index contributed by atoms with van der Waals surface area (Å²) in [7, 11) is 0. The van der Waals surface area contributed by atoms with Gasteiger partial charge >= 0.3 is 0 Å². The first-order valence-electron chi connectivity index (χ1n) is 9.05. The van der Waals surface area contributed by atoms with Crippen molar-refractivity contribution in [1.82, 2.24) is 19.7 Å². The Morgan fingerprint density at radius 3 is 2.89 bits per heavy atom. The summed E-state index contributed by atoms with van der Waals surface area (Å²) in [6, 6.07) is 8.08. The lowest BCUT2D eigenvalue weighted by atomic mass is 10.0. The van der Waals surface area contributed by atoms with E-state index < -0.39 is 5.60 Å². The second-order valence-corrected chi connectivity index (χ2v) is 7.11. The average molecular weight is 363 g/mol. The fraction of sp³-hybridized carbons (Fsp3) is 0.333. The minimum absolute atomic E-state index is 0.286. The second-order valence-electron chi connectivity index (χ2n) is 7.11. The number of hydrazine groups is 1. The Labute approximate surface area is 154 Å². The summed E-state index contributed by atoms with van der Waals surface area (Å²) in [4.78, 5) is 13.5. The molecule has 1 aliphatic carbocycles. The van der Waals surface area contributed by atoms with Crippen LogP contribution in [0.5, 0.6) is 0 Å². The Hall–Kier alpha value is -3.20. The molecule has 1 saturated carbocycles. The minimum atomic E-state index is -1.01. The molecule has 3 aliphatic rings. The van der Waals surface area contributed by atoms with Crippen LogP contribution in [0.1, 0.15) is 37.1 Å². The summed E-state index contributed by atoms with van der Waals surface area (Å²) in [6.07, 6.45) is 6.81. The van der Waals surface area contributed by atoms with Crippen LogP contribution in [0.3, 0.4) is 0 Å². The number of nitrogens with zero attached hydrogens (tertiary/aromatic N) is 7. The van der Waals surface area contributed by atoms with Gasteiger partial charge in [0.1, 0.15) is 18.6 Å². The van der Waals surface area contributed by atoms with Crippen molar-refractivity contribution in [3.05, 3.63) is 48.2 Å². The van der Waals surface area contributed by atoms with Crippen molar-refractivity contribution in [2.75, 3.05) is 16.7 Å². The average Bonchev–Trinajstić information content (AvgIpc) is 3.45. The molecule has 1 aromatic carbocycles. The normalized spacial score (nSPS) is 19.7. The molecule has 136 valence electrons. The maximum Gasteiger partial charge on any atom is 0.287 e. The van der Waals surface area contributed by atoms with E-state index >= 15 is 0 Å². The van der Waals surface area contributed by atoms with Crippen LogP contribution in [0.4, 0.5) is 11.8 Å². The zero-order valence-corrected chi connectivity index (χ0v) is 14.5. The molecule has 0 spiro atoms. The SMILES string of the molecule is OC1(c2nc(N3CN=C4c5ccccc5-n5cncc5N43)no2)CCCC1. The van der Waals surface area contributed by atoms with Crippen molar-refractivity contribution in [3.63, 3.8) is 0 Å². The van der Waals surface area contributed by atoms with E-state index in [2.05, 4.69) is 15.1 Å². The third-order valence-corrected chi connectivity index (χ3v) is 5.51. The van der Waals surface area contributed by atoms with Gasteiger partial charge in [-0.2, -0.15) is 4.98 Å². The summed E-state index contributed by atoms with van der Waals surface area (Å²) in [5.74, 6) is 2.35. The van der Waals surface area contributed by atoms with Crippen LogP contribution in [0.2, 0.25) is 0 Å². The van der Waals surface area contributed by atoms with Gasteiger partial charge in [-0.3, -0.25) is 4.57 Å². The number of anilines is 2. The largest absolute Gasteiger partial charge is 0.380 e. The molecule has 0 saturated heterocycles. The standard InChI is InChI=1S/C18H17N7O2/c26-18(7-3-4-8-18)16-21-17(22-27-16)24-11-20-15-12-5-1-2-6-13(12)23-10-19-9-14(23)25(15)24/h1-2,5-6,9-10,26H,3-4,7-8,11H2. The van der Waals surface area contributed by atoms with E-state index in [1.165, 1.54) is 0 Å². The van der Waals surface area contributed by atoms with Gasteiger partial charge in [0.15, 0.2) is 11.7 Å². The van der Waals surface area contributed by atoms with Crippen molar-refractivity contribution in [2.24, 2.45) is 4.99 Å². The van der Waals surface area contributed by atoms with E-state index in [4.69, 9.17) is 9.52 Å². The minimum Gasteiger partial charge on any atom is -0.380 e. The van der Waals surface area contributed by atoms with Gasteiger partial charge in [-0.05, 0) is 43.0 Å². The number of rotatable bonds is 2. The summed E-state index contributed by atoms with van der Waals surface area (Å²) < 4.78 is 7.44. The van der Waals surface area contributed by atoms with E-state index in [0.717, 1.165) is 35.7 Å². The molecule has 1 fully saturated rings. The second kappa shape index (κ2) is 5.17. The van der Waals surface area contributed by atoms with Crippen LogP contribution in [-0.2, 0) is 5.60 Å². The maximum atomic E-state index is 10.7. The fourth-order valence-corrected chi connectivity index (χ4v) is 4.15. The van der Waals surface area contributed by atoms with Gasteiger partial charge < -0.3 is 9.63 Å². The topological polar surface area (TPSA) is 95.8 Å². The van der Waals surface area contributed by atoms with Crippen molar-refractivity contribution in [1.29, 1.82) is 0 Å². The molecule has 4 heterocycles. The van der Waals surface area contributed by atoms with Gasteiger partial charge in [-0.25, -0.2) is 20.0 Å². The first-order chi connectivity index (χ1) is 13.2. The molecule has 6 rings (SSSR count). The fourth-order valence-electron chi connectivity index (χ4n) is 4.15. The van der Waals surface area contributed by atoms with Crippen LogP contribution in [-0.4, -0.2) is 37.3 Å². The number of hydrogen-bond acceptors (Lipinski definition) is 8. The lowest BCUT2D eigenvalue weighted by Crippen LogP contribution is -2.46. The predicted octanol–water partition coefficient (Wildman–Crippen LogP) is 1.98. The van der Waals surface area contributed by atoms with Crippen LogP contribution < -0.4 is 10.0 Å². The first-order valence-corrected chi connectivity index (χ1v) is 9.05. The molecule has 9 nitrogen and oxygen atoms in total. The summed E-state index contributed by atoms with van der Waals surface area (Å²) in [5, 5.41) is 18.6. The van der Waals surface area contributed by atoms with Crippen LogP contribution in [0.25, 0.3) is 5.69 Å². The molecule has 1 N–H and O–H groups in total. The van der Waals surface area contributed by atoms with Gasteiger partial charge in [0, 0.05) is 5.56 Å². The molecule has 27 heavy (non-hydrogen) atoms. The maximum absolute atomic E-state index is 10.7. The van der Waals surface area contributed by atoms with E-state index in [1.54, 1.807) is 12.5 Å². The molecule has 9 heteroatoms. The molecular formula is C18H17N7O2. The third kappa shape index (κ3) is 1.97. The van der Waals surface area contributed by atoms with Gasteiger partial charge in [-0.15, -0.1) is 0 Å². The molecule has 0 bridgehead atoms. The Kier molecular flexibility index (Phi) is 2.85. The lowest BCUT2D eigenvalue weighted by molar-refractivity contribution is 0.0112. The highest BCUT2D eigenvalue weighted by Gasteiger charge is 2.42. The van der Waals surface area contributed by atoms with Gasteiger partial charge in [0.2, 0.25) is 0 Å². The molecule has 0 unspecified atom stereocenters. The van der Waals surface area contributed by atoms with Crippen LogP contribution in [0.15, 0.2) is 46.3 Å². The lowest BCUT2D eigenvalue weighted by Gasteiger charge is -2.33. The molecule has 3 aromatic rings. The molecule has 0 radical (unpaired) electrons. The summed E-state index contributed by atoms with van der Waals surface area (Å²) in [6.45, 7) is 0.367. The number of para-hydroxylation sites is 1. The molecule has 2 aromatic heterocycles. The molecular weight excluding hydrogens is 346 g/mol. The molecule has 2 aliphatic heterocycles. The number of fused-ring (bicyclic) bond motifs is 6. The quantitative estimate of drug-likeness (QED) is 0.744. The number of aliphatic hydroxyl groups is 1. The molecule has 0 atom stereocenters. The highest BCUT2D eigenvalue weighted by Crippen LogP contribution is 2.39. The number of benzene rings is 1. The Morgan fingerprint density at radius 2 is 2.00 bits per heavy atom. The van der Waals surface area contributed by atoms with E-state index in [9.17, 15) is 5.11 Å². The Bertz CT molecular complexity index is 1060. The van der Waals surface area contributed by atoms with Crippen molar-refractivity contribution in [2.45, 2.75) is 31.3 Å². The summed E-state index contributed by atoms with van der Waals surface area (Å²) in [5.41, 5.74) is 1.05.